The molecule has 3 N–H and O–H groups in total. The number of nitrogens with zero attached hydrogens (tertiary/aromatic N) is 3. The van der Waals surface area contributed by atoms with Gasteiger partial charge in [-0.15, -0.1) is 5.10 Å². The van der Waals surface area contributed by atoms with Crippen molar-refractivity contribution in [2.24, 2.45) is 0 Å². The van der Waals surface area contributed by atoms with Gasteiger partial charge in [-0.3, -0.25) is 0 Å². The predicted molar refractivity (Wildman–Crippen MR) is 85.5 cm³/mol. The molecule has 112 valence electrons. The van der Waals surface area contributed by atoms with Crippen LogP contribution in [0.15, 0.2) is 41.1 Å². The van der Waals surface area contributed by atoms with Crippen LogP contribution in [0.1, 0.15) is 0 Å². The van der Waals surface area contributed by atoms with Crippen LogP contribution in [0.25, 0.3) is 11.5 Å². The second-order valence-electron chi connectivity index (χ2n) is 4.33. The number of benzene rings is 1. The van der Waals surface area contributed by atoms with Gasteiger partial charge in [0.05, 0.1) is 11.3 Å². The molecule has 0 atom stereocenters. The number of hydrogen-bond donors (Lipinski definition) is 2. The summed E-state index contributed by atoms with van der Waals surface area (Å²) in [5, 5.41) is 21.7. The Morgan fingerprint density at radius 1 is 1.27 bits per heavy atom. The topological polar surface area (TPSA) is 104 Å². The summed E-state index contributed by atoms with van der Waals surface area (Å²) in [4.78, 5) is 0. The van der Waals surface area contributed by atoms with Crippen molar-refractivity contribution in [3.05, 3.63) is 51.3 Å². The number of nitrogens with two attached hydrogens (primary N) is 1. The van der Waals surface area contributed by atoms with Crippen LogP contribution < -0.4 is 15.8 Å². The van der Waals surface area contributed by atoms with Crippen molar-refractivity contribution >= 4 is 40.0 Å². The SMILES string of the molecule is Nc1nnc(-c2cc[n+]([O-])cc2Nc2ccc(I)cc2F)o1. The smallest absolute Gasteiger partial charge is 0.313 e. The van der Waals surface area contributed by atoms with E-state index in [2.05, 4.69) is 15.5 Å². The summed E-state index contributed by atoms with van der Waals surface area (Å²) >= 11 is 2.01. The van der Waals surface area contributed by atoms with Crippen LogP contribution in [-0.4, -0.2) is 10.2 Å². The van der Waals surface area contributed by atoms with Crippen molar-refractivity contribution in [3.63, 3.8) is 0 Å². The molecule has 0 saturated carbocycles. The van der Waals surface area contributed by atoms with Crippen LogP contribution in [-0.2, 0) is 0 Å². The Bertz CT molecular complexity index is 839. The molecule has 0 saturated heterocycles. The van der Waals surface area contributed by atoms with Crippen LogP contribution in [0.4, 0.5) is 21.8 Å². The molecule has 9 heteroatoms. The Kier molecular flexibility index (Phi) is 3.79. The van der Waals surface area contributed by atoms with Crippen molar-refractivity contribution in [1.29, 1.82) is 0 Å². The molecule has 0 radical (unpaired) electrons. The average Bonchev–Trinajstić information content (AvgIpc) is 2.88. The summed E-state index contributed by atoms with van der Waals surface area (Å²) in [5.74, 6) is -0.310. The number of aromatic nitrogens is 3. The third kappa shape index (κ3) is 2.93. The van der Waals surface area contributed by atoms with Gasteiger partial charge in [-0.1, -0.05) is 5.10 Å². The minimum absolute atomic E-state index is 0.0970. The van der Waals surface area contributed by atoms with Crippen molar-refractivity contribution in [1.82, 2.24) is 10.2 Å². The number of pyridine rings is 1. The summed E-state index contributed by atoms with van der Waals surface area (Å²) in [5.41, 5.74) is 6.38. The first-order valence-electron chi connectivity index (χ1n) is 6.07. The van der Waals surface area contributed by atoms with Gasteiger partial charge in [-0.25, -0.2) is 4.39 Å². The summed E-state index contributed by atoms with van der Waals surface area (Å²) < 4.78 is 20.4. The highest BCUT2D eigenvalue weighted by atomic mass is 127. The largest absolute Gasteiger partial charge is 0.619 e. The maximum atomic E-state index is 14.0. The lowest BCUT2D eigenvalue weighted by molar-refractivity contribution is -0.604. The fraction of sp³-hybridized carbons (Fsp3) is 0. The lowest BCUT2D eigenvalue weighted by Gasteiger charge is -2.10. The first kappa shape index (κ1) is 14.5. The van der Waals surface area contributed by atoms with E-state index in [1.807, 2.05) is 22.6 Å². The highest BCUT2D eigenvalue weighted by Crippen LogP contribution is 2.29. The van der Waals surface area contributed by atoms with E-state index in [0.29, 0.717) is 16.0 Å². The van der Waals surface area contributed by atoms with Crippen molar-refractivity contribution in [3.8, 4) is 11.5 Å². The molecule has 3 rings (SSSR count). The van der Waals surface area contributed by atoms with Gasteiger partial charge in [-0.2, -0.15) is 4.73 Å². The third-order valence-electron chi connectivity index (χ3n) is 2.81. The van der Waals surface area contributed by atoms with Crippen LogP contribution in [0.2, 0.25) is 0 Å². The molecule has 0 amide bonds. The summed E-state index contributed by atoms with van der Waals surface area (Å²) in [6, 6.07) is 6.07. The molecule has 0 unspecified atom stereocenters. The molecular weight excluding hydrogens is 404 g/mol. The molecule has 22 heavy (non-hydrogen) atoms. The second kappa shape index (κ2) is 5.75. The van der Waals surface area contributed by atoms with Gasteiger partial charge < -0.3 is 20.7 Å². The summed E-state index contributed by atoms with van der Waals surface area (Å²) in [6.45, 7) is 0. The van der Waals surface area contributed by atoms with E-state index in [9.17, 15) is 9.60 Å². The molecule has 7 nitrogen and oxygen atoms in total. The Labute approximate surface area is 137 Å². The first-order chi connectivity index (χ1) is 10.5. The standard InChI is InChI=1S/C13H9FIN5O2/c14-9-5-7(15)1-2-10(9)17-11-6-20(21)4-3-8(11)12-18-19-13(16)22-12/h1-6,17H,(H2,16,19). The minimum atomic E-state index is -0.441. The van der Waals surface area contributed by atoms with Crippen LogP contribution in [0, 0.1) is 14.6 Å². The normalized spacial score (nSPS) is 10.6. The van der Waals surface area contributed by atoms with Crippen molar-refractivity contribution < 1.29 is 13.5 Å². The number of halogens is 2. The van der Waals surface area contributed by atoms with Gasteiger partial charge in [0.15, 0.2) is 6.20 Å². The summed E-state index contributed by atoms with van der Waals surface area (Å²) in [7, 11) is 0. The van der Waals surface area contributed by atoms with Gasteiger partial charge in [-0.05, 0) is 40.8 Å². The minimum Gasteiger partial charge on any atom is -0.619 e. The number of hydrogen-bond acceptors (Lipinski definition) is 6. The Morgan fingerprint density at radius 3 is 2.77 bits per heavy atom. The van der Waals surface area contributed by atoms with E-state index in [1.165, 1.54) is 24.5 Å². The predicted octanol–water partition coefficient (Wildman–Crippen LogP) is 2.44. The molecular formula is C13H9FIN5O2. The van der Waals surface area contributed by atoms with Crippen LogP contribution >= 0.6 is 22.6 Å². The molecule has 0 aliphatic heterocycles. The molecule has 1 aromatic carbocycles. The maximum Gasteiger partial charge on any atom is 0.313 e. The zero-order chi connectivity index (χ0) is 15.7. The molecule has 3 aromatic rings. The molecule has 2 aromatic heterocycles. The van der Waals surface area contributed by atoms with Crippen molar-refractivity contribution in [2.75, 3.05) is 11.1 Å². The third-order valence-corrected chi connectivity index (χ3v) is 3.48. The lowest BCUT2D eigenvalue weighted by atomic mass is 10.2. The quantitative estimate of drug-likeness (QED) is 0.389. The number of anilines is 3. The van der Waals surface area contributed by atoms with E-state index >= 15 is 0 Å². The van der Waals surface area contributed by atoms with Crippen LogP contribution in [0.5, 0.6) is 0 Å². The fourth-order valence-electron chi connectivity index (χ4n) is 1.84. The van der Waals surface area contributed by atoms with E-state index < -0.39 is 5.82 Å². The molecule has 0 aliphatic rings. The number of nitrogens with one attached hydrogen (secondary N) is 1. The maximum absolute atomic E-state index is 14.0. The first-order valence-corrected chi connectivity index (χ1v) is 7.15. The Hall–Kier alpha value is -2.43. The van der Waals surface area contributed by atoms with Crippen LogP contribution in [0.3, 0.4) is 0 Å². The Balaban J connectivity index is 2.04. The fourth-order valence-corrected chi connectivity index (χ4v) is 2.30. The van der Waals surface area contributed by atoms with Gasteiger partial charge in [0.25, 0.3) is 5.89 Å². The van der Waals surface area contributed by atoms with Crippen molar-refractivity contribution in [2.45, 2.75) is 0 Å². The molecule has 0 spiro atoms. The number of rotatable bonds is 3. The molecule has 0 bridgehead atoms. The highest BCUT2D eigenvalue weighted by molar-refractivity contribution is 14.1. The molecule has 2 heterocycles. The monoisotopic (exact) mass is 413 g/mol. The summed E-state index contributed by atoms with van der Waals surface area (Å²) in [6.07, 6.45) is 2.51. The zero-order valence-electron chi connectivity index (χ0n) is 11.0. The molecule has 0 aliphatic carbocycles. The van der Waals surface area contributed by atoms with Gasteiger partial charge in [0.2, 0.25) is 6.20 Å². The highest BCUT2D eigenvalue weighted by Gasteiger charge is 2.16. The van der Waals surface area contributed by atoms with Gasteiger partial charge in [0.1, 0.15) is 11.5 Å². The lowest BCUT2D eigenvalue weighted by Crippen LogP contribution is -2.25. The van der Waals surface area contributed by atoms with E-state index in [1.54, 1.807) is 12.1 Å². The van der Waals surface area contributed by atoms with Gasteiger partial charge >= 0.3 is 6.01 Å². The van der Waals surface area contributed by atoms with Gasteiger partial charge in [0, 0.05) is 9.64 Å². The Morgan fingerprint density at radius 2 is 2.09 bits per heavy atom. The number of nitrogen functional groups attached to an aromatic ring is 1. The second-order valence-corrected chi connectivity index (χ2v) is 5.57. The average molecular weight is 413 g/mol. The van der Waals surface area contributed by atoms with E-state index in [0.717, 1.165) is 3.57 Å². The van der Waals surface area contributed by atoms with E-state index in [-0.39, 0.29) is 17.6 Å². The molecule has 0 fully saturated rings. The van der Waals surface area contributed by atoms with E-state index in [4.69, 9.17) is 10.2 Å². The zero-order valence-corrected chi connectivity index (χ0v) is 13.1.